The number of carbonyl (C=O) groups excluding carboxylic acids is 2. The molecule has 2 amide bonds. The van der Waals surface area contributed by atoms with Gasteiger partial charge in [0.05, 0.1) is 0 Å². The lowest BCUT2D eigenvalue weighted by Gasteiger charge is -2.26. The van der Waals surface area contributed by atoms with E-state index >= 15 is 0 Å². The summed E-state index contributed by atoms with van der Waals surface area (Å²) in [6, 6.07) is 14.8. The molecule has 3 N–H and O–H groups in total. The van der Waals surface area contributed by atoms with Crippen molar-refractivity contribution in [3.63, 3.8) is 0 Å². The third-order valence-electron chi connectivity index (χ3n) is 6.65. The van der Waals surface area contributed by atoms with Crippen molar-refractivity contribution in [3.05, 3.63) is 59.7 Å². The third kappa shape index (κ3) is 5.18. The molecule has 0 spiro atoms. The van der Waals surface area contributed by atoms with Crippen molar-refractivity contribution in [2.75, 3.05) is 6.61 Å². The number of carbonyl (C=O) groups is 3. The number of amides is 2. The first-order valence-corrected chi connectivity index (χ1v) is 11.4. The first-order valence-electron chi connectivity index (χ1n) is 11.4. The molecule has 7 heteroatoms. The molecule has 174 valence electrons. The molecular weight excluding hydrogens is 420 g/mol. The van der Waals surface area contributed by atoms with Gasteiger partial charge in [-0.2, -0.15) is 0 Å². The maximum atomic E-state index is 12.4. The lowest BCUT2D eigenvalue weighted by atomic mass is 9.98. The van der Waals surface area contributed by atoms with E-state index in [4.69, 9.17) is 4.74 Å². The normalized spacial score (nSPS) is 15.8. The molecule has 2 aliphatic rings. The van der Waals surface area contributed by atoms with Gasteiger partial charge in [-0.15, -0.1) is 0 Å². The second kappa shape index (κ2) is 9.25. The summed E-state index contributed by atoms with van der Waals surface area (Å²) in [7, 11) is 0. The molecule has 0 aliphatic heterocycles. The summed E-state index contributed by atoms with van der Waals surface area (Å²) >= 11 is 0. The van der Waals surface area contributed by atoms with Crippen molar-refractivity contribution in [3.8, 4) is 11.1 Å². The van der Waals surface area contributed by atoms with E-state index in [1.165, 1.54) is 0 Å². The molecule has 4 rings (SSSR count). The molecule has 2 aliphatic carbocycles. The highest BCUT2D eigenvalue weighted by molar-refractivity contribution is 5.82. The van der Waals surface area contributed by atoms with Gasteiger partial charge in [-0.1, -0.05) is 48.5 Å². The highest BCUT2D eigenvalue weighted by Gasteiger charge is 2.38. The summed E-state index contributed by atoms with van der Waals surface area (Å²) in [5.41, 5.74) is 4.10. The third-order valence-corrected chi connectivity index (χ3v) is 6.65. The molecule has 0 heterocycles. The van der Waals surface area contributed by atoms with Gasteiger partial charge in [0.25, 0.3) is 0 Å². The minimum absolute atomic E-state index is 0.00783. The van der Waals surface area contributed by atoms with Gasteiger partial charge in [0, 0.05) is 17.9 Å². The molecular formula is C26H30N2O5. The Bertz CT molecular complexity index is 1010. The Morgan fingerprint density at radius 3 is 2.15 bits per heavy atom. The summed E-state index contributed by atoms with van der Waals surface area (Å²) in [4.78, 5) is 36.3. The number of hydrogen-bond donors (Lipinski definition) is 3. The maximum absolute atomic E-state index is 12.4. The summed E-state index contributed by atoms with van der Waals surface area (Å²) in [6.07, 6.45) is 1.38. The van der Waals surface area contributed by atoms with Crippen LogP contribution in [0.1, 0.15) is 56.6 Å². The zero-order valence-corrected chi connectivity index (χ0v) is 19.0. The zero-order valence-electron chi connectivity index (χ0n) is 19.0. The zero-order chi connectivity index (χ0) is 23.6. The predicted molar refractivity (Wildman–Crippen MR) is 124 cm³/mol. The number of nitrogens with one attached hydrogen (secondary N) is 2. The van der Waals surface area contributed by atoms with E-state index in [9.17, 15) is 19.5 Å². The van der Waals surface area contributed by atoms with Crippen LogP contribution < -0.4 is 10.6 Å². The van der Waals surface area contributed by atoms with Crippen LogP contribution in [0.25, 0.3) is 11.1 Å². The van der Waals surface area contributed by atoms with Crippen molar-refractivity contribution >= 4 is 18.0 Å². The Morgan fingerprint density at radius 2 is 1.61 bits per heavy atom. The quantitative estimate of drug-likeness (QED) is 0.534. The summed E-state index contributed by atoms with van der Waals surface area (Å²) < 4.78 is 5.43. The fourth-order valence-electron chi connectivity index (χ4n) is 4.64. The molecule has 7 nitrogen and oxygen atoms in total. The van der Waals surface area contributed by atoms with E-state index in [1.54, 1.807) is 0 Å². The van der Waals surface area contributed by atoms with Gasteiger partial charge >= 0.3 is 12.1 Å². The first kappa shape index (κ1) is 22.8. The van der Waals surface area contributed by atoms with Gasteiger partial charge in [-0.3, -0.25) is 4.79 Å². The van der Waals surface area contributed by atoms with Gasteiger partial charge in [-0.25, -0.2) is 9.59 Å². The van der Waals surface area contributed by atoms with Crippen LogP contribution in [0.4, 0.5) is 4.79 Å². The molecule has 1 fully saturated rings. The Labute approximate surface area is 193 Å². The SMILES string of the molecule is CC(C)(NC(=O)CC[C@H](NC(=O)OCC1c2ccccc2-c2ccccc21)C(=O)O)C1CC1. The molecule has 2 aromatic rings. The number of carboxylic acid groups (broad SMARTS) is 1. The number of carboxylic acids is 1. The second-order valence-corrected chi connectivity index (χ2v) is 9.44. The Kier molecular flexibility index (Phi) is 6.40. The molecule has 0 saturated heterocycles. The number of ether oxygens (including phenoxy) is 1. The van der Waals surface area contributed by atoms with Crippen molar-refractivity contribution in [2.24, 2.45) is 5.92 Å². The monoisotopic (exact) mass is 450 g/mol. The van der Waals surface area contributed by atoms with Crippen LogP contribution in [0.5, 0.6) is 0 Å². The van der Waals surface area contributed by atoms with Gasteiger partial charge in [-0.05, 0) is 61.3 Å². The lowest BCUT2D eigenvalue weighted by molar-refractivity contribution is -0.139. The van der Waals surface area contributed by atoms with Crippen molar-refractivity contribution in [1.29, 1.82) is 0 Å². The van der Waals surface area contributed by atoms with Crippen LogP contribution >= 0.6 is 0 Å². The number of rotatable bonds is 9. The van der Waals surface area contributed by atoms with Gasteiger partial charge in [0.1, 0.15) is 12.6 Å². The van der Waals surface area contributed by atoms with E-state index in [1.807, 2.05) is 62.4 Å². The topological polar surface area (TPSA) is 105 Å². The minimum atomic E-state index is -1.20. The van der Waals surface area contributed by atoms with Gasteiger partial charge in [0.2, 0.25) is 5.91 Å². The van der Waals surface area contributed by atoms with E-state index in [2.05, 4.69) is 10.6 Å². The first-order chi connectivity index (χ1) is 15.8. The fraction of sp³-hybridized carbons (Fsp3) is 0.423. The number of fused-ring (bicyclic) bond motifs is 3. The second-order valence-electron chi connectivity index (χ2n) is 9.44. The van der Waals surface area contributed by atoms with Crippen molar-refractivity contribution in [1.82, 2.24) is 10.6 Å². The number of hydrogen-bond acceptors (Lipinski definition) is 4. The summed E-state index contributed by atoms with van der Waals surface area (Å²) in [6.45, 7) is 4.06. The smallest absolute Gasteiger partial charge is 0.407 e. The van der Waals surface area contributed by atoms with Gasteiger partial charge in [0.15, 0.2) is 0 Å². The molecule has 1 saturated carbocycles. The average molecular weight is 451 g/mol. The maximum Gasteiger partial charge on any atom is 0.407 e. The molecule has 0 aromatic heterocycles. The molecule has 0 unspecified atom stereocenters. The molecule has 2 aromatic carbocycles. The molecule has 0 bridgehead atoms. The van der Waals surface area contributed by atoms with E-state index in [0.717, 1.165) is 35.1 Å². The highest BCUT2D eigenvalue weighted by Crippen LogP contribution is 2.44. The number of alkyl carbamates (subject to hydrolysis) is 1. The van der Waals surface area contributed by atoms with Crippen LogP contribution in [-0.2, 0) is 14.3 Å². The van der Waals surface area contributed by atoms with Crippen LogP contribution in [0.2, 0.25) is 0 Å². The highest BCUT2D eigenvalue weighted by atomic mass is 16.5. The van der Waals surface area contributed by atoms with Gasteiger partial charge < -0.3 is 20.5 Å². The summed E-state index contributed by atoms with van der Waals surface area (Å²) in [5.74, 6) is -1.05. The van der Waals surface area contributed by atoms with Crippen LogP contribution in [-0.4, -0.2) is 41.3 Å². The van der Waals surface area contributed by atoms with E-state index in [-0.39, 0.29) is 36.8 Å². The Balaban J connectivity index is 1.31. The number of benzene rings is 2. The summed E-state index contributed by atoms with van der Waals surface area (Å²) in [5, 5.41) is 14.9. The van der Waals surface area contributed by atoms with Crippen LogP contribution in [0, 0.1) is 5.92 Å². The van der Waals surface area contributed by atoms with E-state index < -0.39 is 18.1 Å². The molecule has 33 heavy (non-hydrogen) atoms. The molecule has 0 radical (unpaired) electrons. The van der Waals surface area contributed by atoms with Crippen molar-refractivity contribution in [2.45, 2.75) is 57.0 Å². The number of aliphatic carboxylic acids is 1. The molecule has 1 atom stereocenters. The van der Waals surface area contributed by atoms with E-state index in [0.29, 0.717) is 5.92 Å². The lowest BCUT2D eigenvalue weighted by Crippen LogP contribution is -2.46. The van der Waals surface area contributed by atoms with Crippen LogP contribution in [0.15, 0.2) is 48.5 Å². The standard InChI is InChI=1S/C26H30N2O5/c1-26(2,16-11-12-16)28-23(29)14-13-22(24(30)31)27-25(32)33-15-21-19-9-5-3-7-17(19)18-8-4-6-10-20(18)21/h3-10,16,21-22H,11-15H2,1-2H3,(H,27,32)(H,28,29)(H,30,31)/t22-/m0/s1. The largest absolute Gasteiger partial charge is 0.480 e. The van der Waals surface area contributed by atoms with Crippen LogP contribution in [0.3, 0.4) is 0 Å². The van der Waals surface area contributed by atoms with Crippen molar-refractivity contribution < 1.29 is 24.2 Å². The predicted octanol–water partition coefficient (Wildman–Crippen LogP) is 4.06. The Hall–Kier alpha value is -3.35. The fourth-order valence-corrected chi connectivity index (χ4v) is 4.64. The minimum Gasteiger partial charge on any atom is -0.480 e. The Morgan fingerprint density at radius 1 is 1.03 bits per heavy atom. The average Bonchev–Trinajstić information content (AvgIpc) is 3.59.